The van der Waals surface area contributed by atoms with Gasteiger partial charge in [0.25, 0.3) is 0 Å². The SMILES string of the molecule is CCN1c2cc3c(cc2C(C)=CC1(C)C)C(c1nccn1CC(=O)OC(C)(C)C)=c1cc2c(cc1O3)=[N+](CC)C(C)(C)C=C2C. The minimum Gasteiger partial charge on any atom is -0.459 e. The van der Waals surface area contributed by atoms with Crippen LogP contribution in [0.4, 0.5) is 5.69 Å². The van der Waals surface area contributed by atoms with Crippen LogP contribution in [0.25, 0.3) is 16.7 Å². The van der Waals surface area contributed by atoms with Crippen LogP contribution < -0.4 is 24.8 Å². The number of esters is 1. The number of likely N-dealkylation sites (N-methyl/N-ethyl adjacent to an activating group) is 2. The first-order valence-electron chi connectivity index (χ1n) is 16.1. The van der Waals surface area contributed by atoms with Gasteiger partial charge in [-0.15, -0.1) is 0 Å². The number of imidazole rings is 1. The summed E-state index contributed by atoms with van der Waals surface area (Å²) < 4.78 is 16.9. The maximum atomic E-state index is 13.1. The lowest BCUT2D eigenvalue weighted by Gasteiger charge is -2.43. The molecule has 3 aliphatic rings. The molecule has 0 bridgehead atoms. The fourth-order valence-corrected chi connectivity index (χ4v) is 7.61. The number of rotatable bonds is 5. The zero-order valence-corrected chi connectivity index (χ0v) is 28.8. The molecule has 0 radical (unpaired) electrons. The van der Waals surface area contributed by atoms with E-state index in [-0.39, 0.29) is 23.6 Å². The van der Waals surface area contributed by atoms with Gasteiger partial charge < -0.3 is 18.9 Å². The van der Waals surface area contributed by atoms with Crippen molar-refractivity contribution >= 4 is 28.4 Å². The Morgan fingerprint density at radius 3 is 2.33 bits per heavy atom. The monoisotopic (exact) mass is 607 g/mol. The number of allylic oxidation sites excluding steroid dienone is 2. The average molecular weight is 608 g/mol. The van der Waals surface area contributed by atoms with Crippen molar-refractivity contribution in [3.63, 3.8) is 0 Å². The Labute approximate surface area is 267 Å². The summed E-state index contributed by atoms with van der Waals surface area (Å²) in [5.41, 5.74) is 7.07. The van der Waals surface area contributed by atoms with E-state index in [0.29, 0.717) is 5.82 Å². The van der Waals surface area contributed by atoms with Crippen molar-refractivity contribution in [3.8, 4) is 11.5 Å². The van der Waals surface area contributed by atoms with Gasteiger partial charge >= 0.3 is 5.97 Å². The van der Waals surface area contributed by atoms with Gasteiger partial charge in [0.05, 0.1) is 11.6 Å². The van der Waals surface area contributed by atoms with Gasteiger partial charge in [-0.2, -0.15) is 0 Å². The van der Waals surface area contributed by atoms with Crippen LogP contribution in [0, 0.1) is 0 Å². The number of nitrogens with zero attached hydrogens (tertiary/aromatic N) is 4. The summed E-state index contributed by atoms with van der Waals surface area (Å²) in [5.74, 6) is 1.99. The van der Waals surface area contributed by atoms with Crippen LogP contribution in [0.2, 0.25) is 0 Å². The van der Waals surface area contributed by atoms with E-state index < -0.39 is 5.60 Å². The molecule has 1 aromatic heterocycles. The van der Waals surface area contributed by atoms with Gasteiger partial charge in [-0.3, -0.25) is 4.79 Å². The van der Waals surface area contributed by atoms with Crippen molar-refractivity contribution in [2.24, 2.45) is 0 Å². The van der Waals surface area contributed by atoms with E-state index in [9.17, 15) is 4.79 Å². The maximum absolute atomic E-state index is 13.1. The van der Waals surface area contributed by atoms with E-state index >= 15 is 0 Å². The lowest BCUT2D eigenvalue weighted by Crippen LogP contribution is -2.49. The van der Waals surface area contributed by atoms with Crippen LogP contribution in [0.1, 0.15) is 98.7 Å². The molecule has 0 spiro atoms. The lowest BCUT2D eigenvalue weighted by molar-refractivity contribution is -0.155. The predicted molar refractivity (Wildman–Crippen MR) is 182 cm³/mol. The van der Waals surface area contributed by atoms with E-state index in [4.69, 9.17) is 14.5 Å². The van der Waals surface area contributed by atoms with E-state index in [0.717, 1.165) is 52.0 Å². The molecule has 0 N–H and O–H groups in total. The first kappa shape index (κ1) is 30.9. The summed E-state index contributed by atoms with van der Waals surface area (Å²) in [6.45, 7) is 25.3. The van der Waals surface area contributed by atoms with Gasteiger partial charge in [-0.1, -0.05) is 6.08 Å². The molecule has 0 fully saturated rings. The largest absolute Gasteiger partial charge is 0.459 e. The second kappa shape index (κ2) is 10.5. The molecular weight excluding hydrogens is 560 g/mol. The van der Waals surface area contributed by atoms with Crippen LogP contribution in [0.15, 0.2) is 48.8 Å². The smallest absolute Gasteiger partial charge is 0.326 e. The third-order valence-electron chi connectivity index (χ3n) is 9.21. The molecule has 0 unspecified atom stereocenters. The van der Waals surface area contributed by atoms with E-state index in [1.165, 1.54) is 22.3 Å². The Bertz CT molecular complexity index is 1930. The lowest BCUT2D eigenvalue weighted by atomic mass is 9.85. The number of hydrogen-bond acceptors (Lipinski definition) is 5. The van der Waals surface area contributed by atoms with Crippen LogP contribution >= 0.6 is 0 Å². The first-order valence-corrected chi connectivity index (χ1v) is 16.1. The Balaban J connectivity index is 1.67. The highest BCUT2D eigenvalue weighted by molar-refractivity contribution is 5.91. The summed E-state index contributed by atoms with van der Waals surface area (Å²) >= 11 is 0. The number of ether oxygens (including phenoxy) is 2. The summed E-state index contributed by atoms with van der Waals surface area (Å²) in [5, 5.41) is 2.13. The highest BCUT2D eigenvalue weighted by Gasteiger charge is 2.36. The zero-order valence-electron chi connectivity index (χ0n) is 28.8. The molecule has 4 heterocycles. The molecule has 3 aliphatic heterocycles. The molecule has 7 heteroatoms. The summed E-state index contributed by atoms with van der Waals surface area (Å²) in [6, 6.07) is 8.90. The number of hydrogen-bond donors (Lipinski definition) is 0. The number of anilines is 1. The standard InChI is InChI=1S/C38H47N4O3/c1-12-41-29-18-31-27(16-25(29)23(3)20-37(41,8)9)34(35-39-14-15-40(35)22-33(43)45-36(5,6)7)28-17-26-24(4)21-38(10,11)42(13-2)30(26)19-32(28)44-31/h14-21H,12-13,22H2,1-11H3/q+1. The fourth-order valence-electron chi connectivity index (χ4n) is 7.61. The number of carbonyl (C=O) groups excluding carboxylic acids is 1. The molecule has 7 nitrogen and oxygen atoms in total. The van der Waals surface area contributed by atoms with Crippen molar-refractivity contribution in [1.82, 2.24) is 14.1 Å². The number of benzene rings is 2. The molecule has 0 amide bonds. The van der Waals surface area contributed by atoms with Crippen molar-refractivity contribution < 1.29 is 14.3 Å². The molecule has 0 saturated heterocycles. The van der Waals surface area contributed by atoms with E-state index in [1.807, 2.05) is 31.5 Å². The van der Waals surface area contributed by atoms with Gasteiger partial charge in [0, 0.05) is 72.0 Å². The van der Waals surface area contributed by atoms with Crippen LogP contribution in [-0.4, -0.2) is 45.3 Å². The van der Waals surface area contributed by atoms with Gasteiger partial charge in [0.1, 0.15) is 36.0 Å². The minimum atomic E-state index is -0.577. The van der Waals surface area contributed by atoms with Gasteiger partial charge in [0.15, 0.2) is 5.54 Å². The van der Waals surface area contributed by atoms with Gasteiger partial charge in [-0.25, -0.2) is 9.56 Å². The van der Waals surface area contributed by atoms with Crippen molar-refractivity contribution in [2.75, 3.05) is 18.0 Å². The number of carbonyl (C=O) groups is 1. The highest BCUT2D eigenvalue weighted by Crippen LogP contribution is 2.46. The second-order valence-electron chi connectivity index (χ2n) is 14.6. The third-order valence-corrected chi connectivity index (χ3v) is 9.21. The quantitative estimate of drug-likeness (QED) is 0.197. The number of fused-ring (bicyclic) bond motifs is 4. The molecule has 0 saturated carbocycles. The van der Waals surface area contributed by atoms with Crippen LogP contribution in [0.3, 0.4) is 0 Å². The van der Waals surface area contributed by atoms with E-state index in [2.05, 4.69) is 101 Å². The molecule has 0 aliphatic carbocycles. The normalized spacial score (nSPS) is 17.8. The zero-order chi connectivity index (χ0) is 32.6. The molecule has 3 aromatic rings. The summed E-state index contributed by atoms with van der Waals surface area (Å²) in [7, 11) is 0. The third kappa shape index (κ3) is 5.20. The Morgan fingerprint density at radius 1 is 0.956 bits per heavy atom. The number of aromatic nitrogens is 2. The molecule has 0 atom stereocenters. The van der Waals surface area contributed by atoms with Crippen molar-refractivity contribution in [2.45, 2.75) is 99.4 Å². The molecule has 236 valence electrons. The topological polar surface area (TPSA) is 59.6 Å². The Hall–Kier alpha value is -4.13. The van der Waals surface area contributed by atoms with Gasteiger partial charge in [0.2, 0.25) is 5.36 Å². The predicted octanol–water partition coefficient (Wildman–Crippen LogP) is 6.31. The highest BCUT2D eigenvalue weighted by atomic mass is 16.6. The summed E-state index contributed by atoms with van der Waals surface area (Å²) in [4.78, 5) is 20.4. The molecular formula is C38H47N4O3+. The maximum Gasteiger partial charge on any atom is 0.326 e. The summed E-state index contributed by atoms with van der Waals surface area (Å²) in [6.07, 6.45) is 8.31. The van der Waals surface area contributed by atoms with Crippen molar-refractivity contribution in [1.29, 1.82) is 0 Å². The minimum absolute atomic E-state index is 0.0605. The van der Waals surface area contributed by atoms with Crippen LogP contribution in [-0.2, 0) is 16.1 Å². The Kier molecular flexibility index (Phi) is 7.18. The molecule has 45 heavy (non-hydrogen) atoms. The average Bonchev–Trinajstić information content (AvgIpc) is 3.35. The Morgan fingerprint density at radius 2 is 1.67 bits per heavy atom. The first-order chi connectivity index (χ1) is 21.0. The molecule has 6 rings (SSSR count). The second-order valence-corrected chi connectivity index (χ2v) is 14.6. The fraction of sp³-hybridized carbons (Fsp3) is 0.447. The van der Waals surface area contributed by atoms with Crippen LogP contribution in [0.5, 0.6) is 11.5 Å². The molecule has 2 aromatic carbocycles. The van der Waals surface area contributed by atoms with Gasteiger partial charge in [-0.05, 0) is 91.7 Å². The van der Waals surface area contributed by atoms with E-state index in [1.54, 1.807) is 6.20 Å². The van der Waals surface area contributed by atoms with Crippen molar-refractivity contribution in [3.05, 3.63) is 81.9 Å².